The van der Waals surface area contributed by atoms with E-state index >= 15 is 0 Å². The van der Waals surface area contributed by atoms with Crippen molar-refractivity contribution in [1.29, 1.82) is 0 Å². The molecule has 1 fully saturated rings. The van der Waals surface area contributed by atoms with Crippen LogP contribution in [0.2, 0.25) is 0 Å². The molecule has 0 bridgehead atoms. The SMILES string of the molecule is NCC1(CC(=O)Nc2nc3ccc(C=O)cc3s2)CCCCC1. The summed E-state index contributed by atoms with van der Waals surface area (Å²) in [5.74, 6) is -0.0213. The van der Waals surface area contributed by atoms with Crippen molar-refractivity contribution >= 4 is 38.9 Å². The van der Waals surface area contributed by atoms with Gasteiger partial charge in [-0.05, 0) is 43.0 Å². The first kappa shape index (κ1) is 16.1. The van der Waals surface area contributed by atoms with E-state index in [0.717, 1.165) is 42.2 Å². The molecule has 1 aromatic carbocycles. The van der Waals surface area contributed by atoms with Gasteiger partial charge in [-0.1, -0.05) is 30.6 Å². The van der Waals surface area contributed by atoms with E-state index in [1.54, 1.807) is 18.2 Å². The zero-order valence-electron chi connectivity index (χ0n) is 13.0. The fourth-order valence-electron chi connectivity index (χ4n) is 3.33. The Bertz CT molecular complexity index is 720. The molecule has 0 aliphatic heterocycles. The Kier molecular flexibility index (Phi) is 4.73. The van der Waals surface area contributed by atoms with Gasteiger partial charge in [0.25, 0.3) is 0 Å². The van der Waals surface area contributed by atoms with Crippen LogP contribution in [0.1, 0.15) is 48.9 Å². The second kappa shape index (κ2) is 6.76. The van der Waals surface area contributed by atoms with Crippen molar-refractivity contribution in [1.82, 2.24) is 4.98 Å². The van der Waals surface area contributed by atoms with E-state index in [4.69, 9.17) is 5.73 Å². The molecule has 1 heterocycles. The van der Waals surface area contributed by atoms with Crippen molar-refractivity contribution < 1.29 is 9.59 Å². The molecule has 5 nitrogen and oxygen atoms in total. The van der Waals surface area contributed by atoms with Gasteiger partial charge in [0.2, 0.25) is 5.91 Å². The number of carbonyl (C=O) groups excluding carboxylic acids is 2. The monoisotopic (exact) mass is 331 g/mol. The first-order valence-corrected chi connectivity index (χ1v) is 8.81. The molecule has 23 heavy (non-hydrogen) atoms. The zero-order chi connectivity index (χ0) is 16.3. The normalized spacial score (nSPS) is 17.1. The molecule has 3 N–H and O–H groups in total. The molecule has 0 atom stereocenters. The average molecular weight is 331 g/mol. The van der Waals surface area contributed by atoms with Gasteiger partial charge in [-0.15, -0.1) is 0 Å². The summed E-state index contributed by atoms with van der Waals surface area (Å²) >= 11 is 1.39. The Morgan fingerprint density at radius 1 is 1.35 bits per heavy atom. The van der Waals surface area contributed by atoms with Gasteiger partial charge in [0.15, 0.2) is 5.13 Å². The third-order valence-corrected chi connectivity index (χ3v) is 5.61. The number of amides is 1. The molecule has 2 aromatic rings. The van der Waals surface area contributed by atoms with Crippen molar-refractivity contribution in [2.24, 2.45) is 11.1 Å². The topological polar surface area (TPSA) is 85.1 Å². The Morgan fingerprint density at radius 2 is 2.13 bits per heavy atom. The zero-order valence-corrected chi connectivity index (χ0v) is 13.8. The van der Waals surface area contributed by atoms with Gasteiger partial charge in [0.05, 0.1) is 10.2 Å². The number of thiazole rings is 1. The fourth-order valence-corrected chi connectivity index (χ4v) is 4.26. The molecule has 1 aromatic heterocycles. The largest absolute Gasteiger partial charge is 0.330 e. The summed E-state index contributed by atoms with van der Waals surface area (Å²) in [6.45, 7) is 0.558. The van der Waals surface area contributed by atoms with Crippen LogP contribution in [0.5, 0.6) is 0 Å². The van der Waals surface area contributed by atoms with E-state index in [2.05, 4.69) is 10.3 Å². The summed E-state index contributed by atoms with van der Waals surface area (Å²) < 4.78 is 0.899. The molecule has 1 aliphatic rings. The van der Waals surface area contributed by atoms with Crippen molar-refractivity contribution in [3.63, 3.8) is 0 Å². The molecule has 0 spiro atoms. The van der Waals surface area contributed by atoms with Gasteiger partial charge < -0.3 is 11.1 Å². The quantitative estimate of drug-likeness (QED) is 0.823. The molecular formula is C17H21N3O2S. The number of fused-ring (bicyclic) bond motifs is 1. The predicted molar refractivity (Wildman–Crippen MR) is 92.8 cm³/mol. The number of hydrogen-bond donors (Lipinski definition) is 2. The number of nitrogens with one attached hydrogen (secondary N) is 1. The predicted octanol–water partition coefficient (Wildman–Crippen LogP) is 3.35. The molecule has 1 aliphatic carbocycles. The Morgan fingerprint density at radius 3 is 2.83 bits per heavy atom. The molecule has 1 saturated carbocycles. The number of nitrogens with two attached hydrogens (primary N) is 1. The number of aldehydes is 1. The first-order valence-electron chi connectivity index (χ1n) is 8.00. The molecule has 122 valence electrons. The number of anilines is 1. The lowest BCUT2D eigenvalue weighted by Crippen LogP contribution is -2.36. The molecule has 0 saturated heterocycles. The molecule has 3 rings (SSSR count). The van der Waals surface area contributed by atoms with Gasteiger partial charge in [-0.3, -0.25) is 9.59 Å². The molecule has 1 amide bonds. The summed E-state index contributed by atoms with van der Waals surface area (Å²) in [6.07, 6.45) is 6.86. The van der Waals surface area contributed by atoms with E-state index in [1.165, 1.54) is 17.8 Å². The van der Waals surface area contributed by atoms with E-state index in [9.17, 15) is 9.59 Å². The lowest BCUT2D eigenvalue weighted by Gasteiger charge is -2.35. The van der Waals surface area contributed by atoms with Crippen LogP contribution in [0.25, 0.3) is 10.2 Å². The standard InChI is InChI=1S/C17H21N3O2S/c18-11-17(6-2-1-3-7-17)9-15(22)20-16-19-13-5-4-12(10-21)8-14(13)23-16/h4-5,8,10H,1-3,6-7,9,11,18H2,(H,19,20,22). The fraction of sp³-hybridized carbons (Fsp3) is 0.471. The van der Waals surface area contributed by atoms with Gasteiger partial charge in [0, 0.05) is 12.0 Å². The Balaban J connectivity index is 1.70. The smallest absolute Gasteiger partial charge is 0.226 e. The molecule has 6 heteroatoms. The summed E-state index contributed by atoms with van der Waals surface area (Å²) in [7, 11) is 0. The maximum Gasteiger partial charge on any atom is 0.226 e. The highest BCUT2D eigenvalue weighted by Crippen LogP contribution is 2.38. The van der Waals surface area contributed by atoms with Crippen LogP contribution in [0.15, 0.2) is 18.2 Å². The maximum atomic E-state index is 12.4. The minimum absolute atomic E-state index is 0.0213. The van der Waals surface area contributed by atoms with Crippen LogP contribution in [-0.4, -0.2) is 23.7 Å². The summed E-state index contributed by atoms with van der Waals surface area (Å²) in [6, 6.07) is 5.32. The lowest BCUT2D eigenvalue weighted by atomic mass is 9.72. The van der Waals surface area contributed by atoms with Crippen LogP contribution < -0.4 is 11.1 Å². The molecule has 0 radical (unpaired) electrons. The lowest BCUT2D eigenvalue weighted by molar-refractivity contribution is -0.118. The van der Waals surface area contributed by atoms with Crippen LogP contribution in [0, 0.1) is 5.41 Å². The van der Waals surface area contributed by atoms with Gasteiger partial charge in [0.1, 0.15) is 6.29 Å². The molecule has 0 unspecified atom stereocenters. The van der Waals surface area contributed by atoms with Crippen LogP contribution in [0.3, 0.4) is 0 Å². The van der Waals surface area contributed by atoms with Crippen molar-refractivity contribution in [2.45, 2.75) is 38.5 Å². The number of hydrogen-bond acceptors (Lipinski definition) is 5. The first-order chi connectivity index (χ1) is 11.1. The third-order valence-electron chi connectivity index (χ3n) is 4.68. The Labute approximate surface area is 139 Å². The molecular weight excluding hydrogens is 310 g/mol. The third kappa shape index (κ3) is 3.59. The van der Waals surface area contributed by atoms with Gasteiger partial charge >= 0.3 is 0 Å². The highest BCUT2D eigenvalue weighted by atomic mass is 32.1. The maximum absolute atomic E-state index is 12.4. The summed E-state index contributed by atoms with van der Waals surface area (Å²) in [4.78, 5) is 27.6. The second-order valence-electron chi connectivity index (χ2n) is 6.35. The van der Waals surface area contributed by atoms with Crippen LogP contribution in [-0.2, 0) is 4.79 Å². The minimum atomic E-state index is -0.0519. The van der Waals surface area contributed by atoms with Gasteiger partial charge in [-0.25, -0.2) is 4.98 Å². The van der Waals surface area contributed by atoms with Gasteiger partial charge in [-0.2, -0.15) is 0 Å². The summed E-state index contributed by atoms with van der Waals surface area (Å²) in [5.41, 5.74) is 7.30. The van der Waals surface area contributed by atoms with Crippen molar-refractivity contribution in [2.75, 3.05) is 11.9 Å². The number of benzene rings is 1. The van der Waals surface area contributed by atoms with Crippen molar-refractivity contribution in [3.8, 4) is 0 Å². The number of carbonyl (C=O) groups is 2. The average Bonchev–Trinajstić information content (AvgIpc) is 2.96. The van der Waals surface area contributed by atoms with Crippen molar-refractivity contribution in [3.05, 3.63) is 23.8 Å². The number of nitrogens with zero attached hydrogens (tertiary/aromatic N) is 1. The van der Waals surface area contributed by atoms with E-state index in [0.29, 0.717) is 23.7 Å². The Hall–Kier alpha value is -1.79. The van der Waals surface area contributed by atoms with E-state index in [1.807, 2.05) is 0 Å². The number of rotatable bonds is 5. The number of aromatic nitrogens is 1. The second-order valence-corrected chi connectivity index (χ2v) is 7.38. The van der Waals surface area contributed by atoms with E-state index in [-0.39, 0.29) is 11.3 Å². The highest BCUT2D eigenvalue weighted by Gasteiger charge is 2.33. The van der Waals surface area contributed by atoms with Crippen LogP contribution in [0.4, 0.5) is 5.13 Å². The summed E-state index contributed by atoms with van der Waals surface area (Å²) in [5, 5.41) is 3.48. The minimum Gasteiger partial charge on any atom is -0.330 e. The highest BCUT2D eigenvalue weighted by molar-refractivity contribution is 7.22. The van der Waals surface area contributed by atoms with Crippen LogP contribution >= 0.6 is 11.3 Å². The van der Waals surface area contributed by atoms with E-state index < -0.39 is 0 Å².